The molecule has 1 rings (SSSR count). The molecular formula is C8H10F3NS. The normalized spacial score (nSPS) is 14.5. The molecule has 1 nitrogen and oxygen atoms in total. The third-order valence-corrected chi connectivity index (χ3v) is 2.79. The molecule has 0 radical (unpaired) electrons. The van der Waals surface area contributed by atoms with Gasteiger partial charge in [-0.1, -0.05) is 13.8 Å². The summed E-state index contributed by atoms with van der Waals surface area (Å²) in [6, 6.07) is 0. The van der Waals surface area contributed by atoms with Crippen LogP contribution in [0.2, 0.25) is 0 Å². The van der Waals surface area contributed by atoms with Crippen molar-refractivity contribution in [2.75, 3.05) is 0 Å². The molecule has 0 aromatic carbocycles. The zero-order chi connectivity index (χ0) is 10.1. The first-order valence-electron chi connectivity index (χ1n) is 3.97. The molecule has 0 amide bonds. The van der Waals surface area contributed by atoms with Crippen LogP contribution in [0.1, 0.15) is 36.9 Å². The monoisotopic (exact) mass is 209 g/mol. The molecule has 0 fully saturated rings. The van der Waals surface area contributed by atoms with Crippen molar-refractivity contribution in [3.05, 3.63) is 16.1 Å². The summed E-state index contributed by atoms with van der Waals surface area (Å²) in [5.41, 5.74) is 0.542. The summed E-state index contributed by atoms with van der Waals surface area (Å²) in [6.45, 7) is 3.80. The summed E-state index contributed by atoms with van der Waals surface area (Å²) in [6.07, 6.45) is -3.49. The molecule has 0 saturated carbocycles. The molecule has 0 aliphatic carbocycles. The SMILES string of the molecule is CCC(C)c1csc(C(F)(F)F)n1. The Hall–Kier alpha value is -0.580. The molecule has 0 aliphatic heterocycles. The van der Waals surface area contributed by atoms with Crippen LogP contribution in [0, 0.1) is 0 Å². The predicted octanol–water partition coefficient (Wildman–Crippen LogP) is 3.68. The number of halogens is 3. The predicted molar refractivity (Wildman–Crippen MR) is 45.8 cm³/mol. The van der Waals surface area contributed by atoms with Crippen molar-refractivity contribution in [1.82, 2.24) is 4.98 Å². The third-order valence-electron chi connectivity index (χ3n) is 1.88. The van der Waals surface area contributed by atoms with Crippen LogP contribution in [0.4, 0.5) is 13.2 Å². The lowest BCUT2D eigenvalue weighted by Gasteiger charge is -2.03. The molecule has 0 aliphatic rings. The zero-order valence-corrected chi connectivity index (χ0v) is 8.17. The molecular weight excluding hydrogens is 199 g/mol. The van der Waals surface area contributed by atoms with Crippen molar-refractivity contribution < 1.29 is 13.2 Å². The lowest BCUT2D eigenvalue weighted by molar-refractivity contribution is -0.137. The standard InChI is InChI=1S/C8H10F3NS/c1-3-5(2)6-4-13-7(12-6)8(9,10)11/h4-5H,3H2,1-2H3. The van der Waals surface area contributed by atoms with E-state index in [4.69, 9.17) is 0 Å². The van der Waals surface area contributed by atoms with Gasteiger partial charge in [-0.3, -0.25) is 0 Å². The van der Waals surface area contributed by atoms with Gasteiger partial charge in [-0.05, 0) is 12.3 Å². The Bertz CT molecular complexity index is 279. The van der Waals surface area contributed by atoms with Gasteiger partial charge in [0.25, 0.3) is 0 Å². The summed E-state index contributed by atoms with van der Waals surface area (Å²) in [5, 5.41) is 0.736. The van der Waals surface area contributed by atoms with E-state index in [0.29, 0.717) is 17.0 Å². The number of hydrogen-bond donors (Lipinski definition) is 0. The number of thiazole rings is 1. The van der Waals surface area contributed by atoms with Gasteiger partial charge in [-0.15, -0.1) is 11.3 Å². The fourth-order valence-electron chi connectivity index (χ4n) is 0.852. The summed E-state index contributed by atoms with van der Waals surface area (Å²) >= 11 is 0.664. The summed E-state index contributed by atoms with van der Waals surface area (Å²) < 4.78 is 36.3. The lowest BCUT2D eigenvalue weighted by Crippen LogP contribution is -2.04. The van der Waals surface area contributed by atoms with Crippen molar-refractivity contribution in [2.24, 2.45) is 0 Å². The molecule has 13 heavy (non-hydrogen) atoms. The van der Waals surface area contributed by atoms with Crippen molar-refractivity contribution in [2.45, 2.75) is 32.4 Å². The highest BCUT2D eigenvalue weighted by atomic mass is 32.1. The van der Waals surface area contributed by atoms with Crippen LogP contribution in [-0.4, -0.2) is 4.98 Å². The van der Waals surface area contributed by atoms with E-state index in [1.807, 2.05) is 13.8 Å². The van der Waals surface area contributed by atoms with E-state index in [2.05, 4.69) is 4.98 Å². The van der Waals surface area contributed by atoms with Gasteiger partial charge in [0.15, 0.2) is 5.01 Å². The van der Waals surface area contributed by atoms with Crippen molar-refractivity contribution in [3.8, 4) is 0 Å². The van der Waals surface area contributed by atoms with E-state index in [1.54, 1.807) is 0 Å². The molecule has 5 heteroatoms. The van der Waals surface area contributed by atoms with Gasteiger partial charge in [-0.2, -0.15) is 13.2 Å². The number of alkyl halides is 3. The van der Waals surface area contributed by atoms with Crippen LogP contribution in [0.25, 0.3) is 0 Å². The summed E-state index contributed by atoms with van der Waals surface area (Å²) in [5.74, 6) is 0.104. The van der Waals surface area contributed by atoms with E-state index in [0.717, 1.165) is 6.42 Å². The van der Waals surface area contributed by atoms with Crippen LogP contribution >= 0.6 is 11.3 Å². The molecule has 1 unspecified atom stereocenters. The molecule has 0 bridgehead atoms. The molecule has 0 spiro atoms. The van der Waals surface area contributed by atoms with Gasteiger partial charge >= 0.3 is 6.18 Å². The van der Waals surface area contributed by atoms with Gasteiger partial charge in [0.1, 0.15) is 0 Å². The van der Waals surface area contributed by atoms with Crippen LogP contribution < -0.4 is 0 Å². The zero-order valence-electron chi connectivity index (χ0n) is 7.35. The average molecular weight is 209 g/mol. The van der Waals surface area contributed by atoms with Crippen molar-refractivity contribution in [3.63, 3.8) is 0 Å². The average Bonchev–Trinajstić information content (AvgIpc) is 2.50. The highest BCUT2D eigenvalue weighted by Gasteiger charge is 2.34. The molecule has 1 atom stereocenters. The maximum absolute atomic E-state index is 12.1. The van der Waals surface area contributed by atoms with Crippen molar-refractivity contribution >= 4 is 11.3 Å². The van der Waals surface area contributed by atoms with E-state index in [9.17, 15) is 13.2 Å². The first-order valence-corrected chi connectivity index (χ1v) is 4.85. The van der Waals surface area contributed by atoms with Crippen LogP contribution in [-0.2, 0) is 6.18 Å². The number of aromatic nitrogens is 1. The minimum atomic E-state index is -4.30. The second-order valence-electron chi connectivity index (χ2n) is 2.88. The van der Waals surface area contributed by atoms with Gasteiger partial charge in [-0.25, -0.2) is 4.98 Å². The first kappa shape index (κ1) is 10.5. The molecule has 74 valence electrons. The Morgan fingerprint density at radius 1 is 1.54 bits per heavy atom. The topological polar surface area (TPSA) is 12.9 Å². The maximum atomic E-state index is 12.1. The van der Waals surface area contributed by atoms with Crippen LogP contribution in [0.5, 0.6) is 0 Å². The highest BCUT2D eigenvalue weighted by molar-refractivity contribution is 7.09. The van der Waals surface area contributed by atoms with Crippen LogP contribution in [0.3, 0.4) is 0 Å². The fourth-order valence-corrected chi connectivity index (χ4v) is 1.66. The van der Waals surface area contributed by atoms with E-state index in [1.165, 1.54) is 5.38 Å². The molecule has 1 aromatic heterocycles. The highest BCUT2D eigenvalue weighted by Crippen LogP contribution is 2.33. The molecule has 1 heterocycles. The first-order chi connectivity index (χ1) is 5.95. The smallest absolute Gasteiger partial charge is 0.237 e. The number of hydrogen-bond acceptors (Lipinski definition) is 2. The molecule has 1 aromatic rings. The minimum Gasteiger partial charge on any atom is -0.237 e. The maximum Gasteiger partial charge on any atom is 0.443 e. The van der Waals surface area contributed by atoms with E-state index >= 15 is 0 Å². The Morgan fingerprint density at radius 2 is 2.15 bits per heavy atom. The van der Waals surface area contributed by atoms with Crippen molar-refractivity contribution in [1.29, 1.82) is 0 Å². The summed E-state index contributed by atoms with van der Waals surface area (Å²) in [4.78, 5) is 3.55. The third kappa shape index (κ3) is 2.43. The number of rotatable bonds is 2. The van der Waals surface area contributed by atoms with Gasteiger partial charge in [0, 0.05) is 5.38 Å². The molecule has 0 N–H and O–H groups in total. The molecule has 0 saturated heterocycles. The van der Waals surface area contributed by atoms with E-state index < -0.39 is 11.2 Å². The Kier molecular flexibility index (Phi) is 2.95. The second kappa shape index (κ2) is 3.65. The van der Waals surface area contributed by atoms with Gasteiger partial charge in [0.2, 0.25) is 0 Å². The fraction of sp³-hybridized carbons (Fsp3) is 0.625. The largest absolute Gasteiger partial charge is 0.443 e. The van der Waals surface area contributed by atoms with E-state index in [-0.39, 0.29) is 5.92 Å². The minimum absolute atomic E-state index is 0.104. The Balaban J connectivity index is 2.87. The summed E-state index contributed by atoms with van der Waals surface area (Å²) in [7, 11) is 0. The Labute approximate surface area is 78.6 Å². The lowest BCUT2D eigenvalue weighted by atomic mass is 10.1. The van der Waals surface area contributed by atoms with Crippen LogP contribution in [0.15, 0.2) is 5.38 Å². The van der Waals surface area contributed by atoms with Gasteiger partial charge < -0.3 is 0 Å². The quantitative estimate of drug-likeness (QED) is 0.724. The van der Waals surface area contributed by atoms with Gasteiger partial charge in [0.05, 0.1) is 5.69 Å². The Morgan fingerprint density at radius 3 is 2.54 bits per heavy atom. The number of nitrogens with zero attached hydrogens (tertiary/aromatic N) is 1. The second-order valence-corrected chi connectivity index (χ2v) is 3.74.